The average Bonchev–Trinajstić information content (AvgIpc) is 3.35. The summed E-state index contributed by atoms with van der Waals surface area (Å²) in [4.78, 5) is 43.2. The van der Waals surface area contributed by atoms with E-state index in [0.29, 0.717) is 76.2 Å². The Labute approximate surface area is 236 Å². The second-order valence-corrected chi connectivity index (χ2v) is 10.9. The first kappa shape index (κ1) is 28.2. The number of pyridine rings is 1. The minimum Gasteiger partial charge on any atom is -0.481 e. The van der Waals surface area contributed by atoms with E-state index in [1.54, 1.807) is 38.4 Å². The maximum Gasteiger partial charge on any atom is 0.417 e. The van der Waals surface area contributed by atoms with E-state index in [1.165, 1.54) is 17.4 Å². The van der Waals surface area contributed by atoms with Gasteiger partial charge in [-0.2, -0.15) is 13.2 Å². The first-order valence-electron chi connectivity index (χ1n) is 12.8. The predicted molar refractivity (Wildman–Crippen MR) is 149 cm³/mol. The number of urea groups is 1. The van der Waals surface area contributed by atoms with Crippen molar-refractivity contribution in [3.63, 3.8) is 0 Å². The molecule has 0 saturated carbocycles. The van der Waals surface area contributed by atoms with E-state index < -0.39 is 29.2 Å². The highest BCUT2D eigenvalue weighted by Crippen LogP contribution is 2.39. The van der Waals surface area contributed by atoms with E-state index >= 15 is 0 Å². The number of carbonyl (C=O) groups excluding carboxylic acids is 1. The molecule has 2 amide bonds. The second-order valence-electron chi connectivity index (χ2n) is 9.93. The van der Waals surface area contributed by atoms with Gasteiger partial charge in [0.2, 0.25) is 5.95 Å². The van der Waals surface area contributed by atoms with Crippen LogP contribution < -0.4 is 15.5 Å². The summed E-state index contributed by atoms with van der Waals surface area (Å²) in [6, 6.07) is 5.43. The summed E-state index contributed by atoms with van der Waals surface area (Å²) in [5.41, 5.74) is 1.04. The summed E-state index contributed by atoms with van der Waals surface area (Å²) in [6.45, 7) is 4.97. The fraction of sp³-hybridized carbons (Fsp3) is 0.333. The maximum atomic E-state index is 13.2. The second kappa shape index (κ2) is 10.9. The molecule has 1 saturated heterocycles. The number of alkyl halides is 3. The van der Waals surface area contributed by atoms with Gasteiger partial charge in [-0.15, -0.1) is 0 Å². The molecule has 0 atom stereocenters. The number of fused-ring (bicyclic) bond motifs is 1. The third-order valence-electron chi connectivity index (χ3n) is 7.05. The summed E-state index contributed by atoms with van der Waals surface area (Å²) in [5.74, 6) is -0.331. The van der Waals surface area contributed by atoms with E-state index in [-0.39, 0.29) is 0 Å². The number of carbonyl (C=O) groups is 2. The quantitative estimate of drug-likeness (QED) is 0.264. The molecular formula is C27H26F3N7O3S. The van der Waals surface area contributed by atoms with Crippen LogP contribution in [0.1, 0.15) is 32.3 Å². The molecule has 1 aliphatic rings. The number of piperidine rings is 1. The zero-order valence-corrected chi connectivity index (χ0v) is 22.9. The molecule has 4 aromatic rings. The number of nitrogens with one attached hydrogen (secondary N) is 2. The van der Waals surface area contributed by atoms with Crippen molar-refractivity contribution in [1.29, 1.82) is 0 Å². The third-order valence-corrected chi connectivity index (χ3v) is 8.07. The van der Waals surface area contributed by atoms with Crippen molar-refractivity contribution in [2.24, 2.45) is 5.41 Å². The Kier molecular flexibility index (Phi) is 7.51. The van der Waals surface area contributed by atoms with Crippen LogP contribution in [-0.2, 0) is 11.0 Å². The van der Waals surface area contributed by atoms with E-state index in [0.717, 1.165) is 12.3 Å². The van der Waals surface area contributed by atoms with Gasteiger partial charge in [0.25, 0.3) is 0 Å². The molecule has 0 radical (unpaired) electrons. The van der Waals surface area contributed by atoms with Gasteiger partial charge < -0.3 is 15.3 Å². The van der Waals surface area contributed by atoms with Crippen molar-refractivity contribution >= 4 is 44.6 Å². The van der Waals surface area contributed by atoms with Gasteiger partial charge in [0.15, 0.2) is 5.13 Å². The fourth-order valence-electron chi connectivity index (χ4n) is 4.51. The molecule has 3 aromatic heterocycles. The zero-order valence-electron chi connectivity index (χ0n) is 22.1. The van der Waals surface area contributed by atoms with Crippen LogP contribution >= 0.6 is 11.3 Å². The number of carboxylic acid groups (broad SMARTS) is 1. The fourth-order valence-corrected chi connectivity index (χ4v) is 5.48. The first-order chi connectivity index (χ1) is 19.5. The summed E-state index contributed by atoms with van der Waals surface area (Å²) in [7, 11) is 0. The van der Waals surface area contributed by atoms with Gasteiger partial charge in [-0.1, -0.05) is 11.3 Å². The summed E-state index contributed by atoms with van der Waals surface area (Å²) < 4.78 is 40.1. The van der Waals surface area contributed by atoms with Crippen LogP contribution in [0.4, 0.5) is 29.0 Å². The summed E-state index contributed by atoms with van der Waals surface area (Å²) in [6.07, 6.45) is 0.497. The first-order valence-corrected chi connectivity index (χ1v) is 13.6. The van der Waals surface area contributed by atoms with Crippen LogP contribution in [0.15, 0.2) is 42.9 Å². The Balaban J connectivity index is 1.49. The number of anilines is 2. The topological polar surface area (TPSA) is 133 Å². The molecular weight excluding hydrogens is 559 g/mol. The van der Waals surface area contributed by atoms with Crippen molar-refractivity contribution in [2.75, 3.05) is 29.9 Å². The minimum absolute atomic E-state index is 0.311. The van der Waals surface area contributed by atoms with Crippen LogP contribution in [0.2, 0.25) is 0 Å². The molecule has 0 bridgehead atoms. The molecule has 1 fully saturated rings. The number of aliphatic carboxylic acids is 1. The van der Waals surface area contributed by atoms with Crippen molar-refractivity contribution in [1.82, 2.24) is 25.3 Å². The van der Waals surface area contributed by atoms with Crippen molar-refractivity contribution in [3.05, 3.63) is 48.4 Å². The van der Waals surface area contributed by atoms with Gasteiger partial charge in [0.05, 0.1) is 26.9 Å². The molecule has 1 aromatic carbocycles. The van der Waals surface area contributed by atoms with Crippen LogP contribution in [0, 0.1) is 5.41 Å². The van der Waals surface area contributed by atoms with Gasteiger partial charge in [0.1, 0.15) is 0 Å². The standard InChI is InChI=1S/C27H26F3N7O3S/c1-3-31-24(40)36-25-35-20-11-15(10-18(21(20)41-25)19-5-4-17(14-32-19)27(28,29)30)16-12-33-23(34-13-16)37-8-6-26(2,7-9-37)22(38)39/h4-5,10-14H,3,6-9H2,1-2H3,(H,38,39)(H2,31,35,36,40). The molecule has 214 valence electrons. The number of aromatic nitrogens is 4. The highest BCUT2D eigenvalue weighted by Gasteiger charge is 2.37. The molecule has 0 spiro atoms. The van der Waals surface area contributed by atoms with Gasteiger partial charge in [-0.25, -0.2) is 19.7 Å². The molecule has 3 N–H and O–H groups in total. The van der Waals surface area contributed by atoms with Crippen molar-refractivity contribution in [2.45, 2.75) is 32.9 Å². The highest BCUT2D eigenvalue weighted by atomic mass is 32.1. The minimum atomic E-state index is -4.52. The third kappa shape index (κ3) is 5.92. The molecule has 4 heterocycles. The van der Waals surface area contributed by atoms with Gasteiger partial charge in [0, 0.05) is 49.4 Å². The Hall–Kier alpha value is -4.33. The van der Waals surface area contributed by atoms with Crippen LogP contribution in [0.5, 0.6) is 0 Å². The number of thiazole rings is 1. The Morgan fingerprint density at radius 3 is 2.37 bits per heavy atom. The molecule has 1 aliphatic heterocycles. The Bertz CT molecular complexity index is 1580. The number of hydrogen-bond acceptors (Lipinski definition) is 8. The molecule has 0 unspecified atom stereocenters. The van der Waals surface area contributed by atoms with E-state index in [4.69, 9.17) is 0 Å². The van der Waals surface area contributed by atoms with E-state index in [9.17, 15) is 27.9 Å². The molecule has 41 heavy (non-hydrogen) atoms. The molecule has 10 nitrogen and oxygen atoms in total. The lowest BCUT2D eigenvalue weighted by Gasteiger charge is -2.36. The predicted octanol–water partition coefficient (Wildman–Crippen LogP) is 5.67. The number of benzene rings is 1. The smallest absolute Gasteiger partial charge is 0.417 e. The number of amides is 2. The van der Waals surface area contributed by atoms with Crippen LogP contribution in [0.3, 0.4) is 0 Å². The molecule has 14 heteroatoms. The SMILES string of the molecule is CCNC(=O)Nc1nc2cc(-c3cnc(N4CCC(C)(C(=O)O)CC4)nc3)cc(-c3ccc(C(F)(F)F)cn3)c2s1. The number of nitrogens with zero attached hydrogens (tertiary/aromatic N) is 5. The normalized spacial score (nSPS) is 15.1. The molecule has 0 aliphatic carbocycles. The Morgan fingerprint density at radius 1 is 1.07 bits per heavy atom. The van der Waals surface area contributed by atoms with Gasteiger partial charge in [-0.3, -0.25) is 15.1 Å². The number of halogens is 3. The lowest BCUT2D eigenvalue weighted by Crippen LogP contribution is -2.43. The number of rotatable bonds is 6. The largest absolute Gasteiger partial charge is 0.481 e. The summed E-state index contributed by atoms with van der Waals surface area (Å²) in [5, 5.41) is 15.1. The maximum absolute atomic E-state index is 13.2. The summed E-state index contributed by atoms with van der Waals surface area (Å²) >= 11 is 1.18. The lowest BCUT2D eigenvalue weighted by atomic mass is 9.80. The van der Waals surface area contributed by atoms with Gasteiger partial charge >= 0.3 is 18.2 Å². The number of carboxylic acids is 1. The Morgan fingerprint density at radius 2 is 1.78 bits per heavy atom. The van der Waals surface area contributed by atoms with E-state index in [2.05, 4.69) is 30.6 Å². The lowest BCUT2D eigenvalue weighted by molar-refractivity contribution is -0.149. The molecule has 5 rings (SSSR count). The van der Waals surface area contributed by atoms with E-state index in [1.807, 2.05) is 4.90 Å². The number of hydrogen-bond donors (Lipinski definition) is 3. The van der Waals surface area contributed by atoms with Crippen molar-refractivity contribution in [3.8, 4) is 22.4 Å². The zero-order chi connectivity index (χ0) is 29.4. The van der Waals surface area contributed by atoms with Crippen LogP contribution in [0.25, 0.3) is 32.6 Å². The van der Waals surface area contributed by atoms with Crippen molar-refractivity contribution < 1.29 is 27.9 Å². The average molecular weight is 586 g/mol. The van der Waals surface area contributed by atoms with Gasteiger partial charge in [-0.05, 0) is 56.5 Å². The van der Waals surface area contributed by atoms with Crippen LogP contribution in [-0.4, -0.2) is 56.7 Å². The highest BCUT2D eigenvalue weighted by molar-refractivity contribution is 7.22. The monoisotopic (exact) mass is 585 g/mol.